The molecular weight excluding hydrogens is 176 g/mol. The molecule has 1 aliphatic heterocycles. The maximum Gasteiger partial charge on any atom is 0.144 e. The average molecular weight is 192 g/mol. The molecule has 1 aromatic heterocycles. The molecule has 76 valence electrons. The quantitative estimate of drug-likeness (QED) is 0.757. The van der Waals surface area contributed by atoms with E-state index in [1.54, 1.807) is 6.20 Å². The van der Waals surface area contributed by atoms with E-state index >= 15 is 0 Å². The molecule has 4 nitrogen and oxygen atoms in total. The van der Waals surface area contributed by atoms with Gasteiger partial charge in [-0.05, 0) is 25.3 Å². The van der Waals surface area contributed by atoms with Crippen molar-refractivity contribution in [3.63, 3.8) is 0 Å². The zero-order chi connectivity index (χ0) is 9.80. The predicted octanol–water partition coefficient (Wildman–Crippen LogP) is 0.926. The second-order valence-corrected chi connectivity index (χ2v) is 3.58. The standard InChI is InChI=1S/C10H16N4/c11-8-9-12-5-4-10(13-9)14-6-2-1-3-7-14/h4-5H,1-3,6-8,11H2. The zero-order valence-electron chi connectivity index (χ0n) is 8.32. The van der Waals surface area contributed by atoms with Gasteiger partial charge in [-0.2, -0.15) is 0 Å². The van der Waals surface area contributed by atoms with Gasteiger partial charge in [0.25, 0.3) is 0 Å². The Hall–Kier alpha value is -1.16. The molecule has 0 unspecified atom stereocenters. The summed E-state index contributed by atoms with van der Waals surface area (Å²) in [5.74, 6) is 1.76. The fourth-order valence-corrected chi connectivity index (χ4v) is 1.79. The molecular formula is C10H16N4. The lowest BCUT2D eigenvalue weighted by Crippen LogP contribution is -2.30. The van der Waals surface area contributed by atoms with E-state index in [1.165, 1.54) is 19.3 Å². The van der Waals surface area contributed by atoms with Crippen molar-refractivity contribution in [2.24, 2.45) is 5.73 Å². The molecule has 1 fully saturated rings. The summed E-state index contributed by atoms with van der Waals surface area (Å²) in [7, 11) is 0. The van der Waals surface area contributed by atoms with Crippen molar-refractivity contribution in [1.29, 1.82) is 0 Å². The number of rotatable bonds is 2. The Morgan fingerprint density at radius 2 is 2.07 bits per heavy atom. The Morgan fingerprint density at radius 1 is 1.29 bits per heavy atom. The normalized spacial score (nSPS) is 17.1. The van der Waals surface area contributed by atoms with Crippen molar-refractivity contribution < 1.29 is 0 Å². The van der Waals surface area contributed by atoms with Crippen LogP contribution < -0.4 is 10.6 Å². The molecule has 14 heavy (non-hydrogen) atoms. The van der Waals surface area contributed by atoms with Crippen LogP contribution >= 0.6 is 0 Å². The highest BCUT2D eigenvalue weighted by Gasteiger charge is 2.11. The van der Waals surface area contributed by atoms with Gasteiger partial charge in [0, 0.05) is 19.3 Å². The Bertz CT molecular complexity index is 294. The number of anilines is 1. The molecule has 4 heteroatoms. The van der Waals surface area contributed by atoms with E-state index < -0.39 is 0 Å². The van der Waals surface area contributed by atoms with E-state index in [4.69, 9.17) is 5.73 Å². The number of hydrogen-bond acceptors (Lipinski definition) is 4. The maximum atomic E-state index is 5.50. The highest BCUT2D eigenvalue weighted by atomic mass is 15.2. The van der Waals surface area contributed by atoms with E-state index in [9.17, 15) is 0 Å². The van der Waals surface area contributed by atoms with Crippen LogP contribution in [0.3, 0.4) is 0 Å². The summed E-state index contributed by atoms with van der Waals surface area (Å²) in [6.45, 7) is 2.64. The van der Waals surface area contributed by atoms with Gasteiger partial charge in [0.15, 0.2) is 0 Å². The summed E-state index contributed by atoms with van der Waals surface area (Å²) in [5.41, 5.74) is 5.50. The SMILES string of the molecule is NCc1nccc(N2CCCCC2)n1. The minimum absolute atomic E-state index is 0.418. The first-order valence-corrected chi connectivity index (χ1v) is 5.17. The molecule has 0 amide bonds. The van der Waals surface area contributed by atoms with E-state index in [-0.39, 0.29) is 0 Å². The fraction of sp³-hybridized carbons (Fsp3) is 0.600. The second-order valence-electron chi connectivity index (χ2n) is 3.58. The zero-order valence-corrected chi connectivity index (χ0v) is 8.32. The van der Waals surface area contributed by atoms with Crippen molar-refractivity contribution >= 4 is 5.82 Å². The monoisotopic (exact) mass is 192 g/mol. The van der Waals surface area contributed by atoms with Crippen LogP contribution in [-0.2, 0) is 6.54 Å². The molecule has 0 aliphatic carbocycles. The predicted molar refractivity (Wildman–Crippen MR) is 56.0 cm³/mol. The number of hydrogen-bond donors (Lipinski definition) is 1. The third-order valence-corrected chi connectivity index (χ3v) is 2.55. The van der Waals surface area contributed by atoms with Crippen LogP contribution in [0.5, 0.6) is 0 Å². The van der Waals surface area contributed by atoms with Gasteiger partial charge < -0.3 is 10.6 Å². The smallest absolute Gasteiger partial charge is 0.144 e. The van der Waals surface area contributed by atoms with Crippen LogP contribution in [0.4, 0.5) is 5.82 Å². The topological polar surface area (TPSA) is 55.0 Å². The van der Waals surface area contributed by atoms with Gasteiger partial charge in [-0.25, -0.2) is 9.97 Å². The third kappa shape index (κ3) is 2.01. The number of nitrogens with two attached hydrogens (primary N) is 1. The van der Waals surface area contributed by atoms with Gasteiger partial charge in [-0.1, -0.05) is 0 Å². The van der Waals surface area contributed by atoms with Crippen molar-refractivity contribution in [2.75, 3.05) is 18.0 Å². The second kappa shape index (κ2) is 4.37. The van der Waals surface area contributed by atoms with Crippen LogP contribution in [0.1, 0.15) is 25.1 Å². The first kappa shape index (κ1) is 9.40. The Balaban J connectivity index is 2.13. The Labute approximate surface area is 84.2 Å². The van der Waals surface area contributed by atoms with E-state index in [2.05, 4.69) is 14.9 Å². The van der Waals surface area contributed by atoms with Gasteiger partial charge in [-0.3, -0.25) is 0 Å². The summed E-state index contributed by atoms with van der Waals surface area (Å²) in [6, 6.07) is 1.96. The van der Waals surface area contributed by atoms with E-state index in [0.29, 0.717) is 6.54 Å². The van der Waals surface area contributed by atoms with Crippen molar-refractivity contribution in [3.05, 3.63) is 18.1 Å². The molecule has 1 aromatic rings. The van der Waals surface area contributed by atoms with Gasteiger partial charge in [0.05, 0.1) is 6.54 Å². The Morgan fingerprint density at radius 3 is 2.79 bits per heavy atom. The molecule has 1 aliphatic rings. The largest absolute Gasteiger partial charge is 0.357 e. The van der Waals surface area contributed by atoms with Gasteiger partial charge in [0.1, 0.15) is 11.6 Å². The highest BCUT2D eigenvalue weighted by Crippen LogP contribution is 2.16. The van der Waals surface area contributed by atoms with Crippen LogP contribution in [0, 0.1) is 0 Å². The number of piperidine rings is 1. The van der Waals surface area contributed by atoms with E-state index in [1.807, 2.05) is 6.07 Å². The lowest BCUT2D eigenvalue weighted by molar-refractivity contribution is 0.572. The molecule has 2 N–H and O–H groups in total. The van der Waals surface area contributed by atoms with E-state index in [0.717, 1.165) is 24.7 Å². The summed E-state index contributed by atoms with van der Waals surface area (Å²) in [4.78, 5) is 10.8. The Kier molecular flexibility index (Phi) is 2.93. The molecule has 2 rings (SSSR count). The van der Waals surface area contributed by atoms with Crippen molar-refractivity contribution in [1.82, 2.24) is 9.97 Å². The molecule has 0 spiro atoms. The van der Waals surface area contributed by atoms with Crippen LogP contribution in [0.25, 0.3) is 0 Å². The van der Waals surface area contributed by atoms with Crippen LogP contribution in [0.2, 0.25) is 0 Å². The molecule has 0 radical (unpaired) electrons. The molecule has 0 aromatic carbocycles. The van der Waals surface area contributed by atoms with Crippen LogP contribution in [-0.4, -0.2) is 23.1 Å². The summed E-state index contributed by atoms with van der Waals surface area (Å²) in [5, 5.41) is 0. The summed E-state index contributed by atoms with van der Waals surface area (Å²) >= 11 is 0. The summed E-state index contributed by atoms with van der Waals surface area (Å²) in [6.07, 6.45) is 5.66. The van der Waals surface area contributed by atoms with Crippen LogP contribution in [0.15, 0.2) is 12.3 Å². The molecule has 2 heterocycles. The van der Waals surface area contributed by atoms with Crippen molar-refractivity contribution in [3.8, 4) is 0 Å². The van der Waals surface area contributed by atoms with Crippen molar-refractivity contribution in [2.45, 2.75) is 25.8 Å². The van der Waals surface area contributed by atoms with Gasteiger partial charge in [0.2, 0.25) is 0 Å². The lowest BCUT2D eigenvalue weighted by Gasteiger charge is -2.27. The number of nitrogens with zero attached hydrogens (tertiary/aromatic N) is 3. The fourth-order valence-electron chi connectivity index (χ4n) is 1.79. The highest BCUT2D eigenvalue weighted by molar-refractivity contribution is 5.37. The molecule has 1 saturated heterocycles. The summed E-state index contributed by atoms with van der Waals surface area (Å²) < 4.78 is 0. The molecule has 0 atom stereocenters. The third-order valence-electron chi connectivity index (χ3n) is 2.55. The average Bonchev–Trinajstić information content (AvgIpc) is 2.30. The lowest BCUT2D eigenvalue weighted by atomic mass is 10.1. The minimum Gasteiger partial charge on any atom is -0.357 e. The molecule has 0 saturated carbocycles. The minimum atomic E-state index is 0.418. The van der Waals surface area contributed by atoms with Gasteiger partial charge >= 0.3 is 0 Å². The molecule has 0 bridgehead atoms. The van der Waals surface area contributed by atoms with Gasteiger partial charge in [-0.15, -0.1) is 0 Å². The maximum absolute atomic E-state index is 5.50. The number of aromatic nitrogens is 2. The first-order valence-electron chi connectivity index (χ1n) is 5.17. The first-order chi connectivity index (χ1) is 6.90.